The Morgan fingerprint density at radius 1 is 0.370 bits per heavy atom. The molecule has 7 rings (SSSR count). The van der Waals surface area contributed by atoms with Crippen LogP contribution < -0.4 is 31.8 Å². The van der Waals surface area contributed by atoms with Gasteiger partial charge < -0.3 is 9.13 Å². The fourth-order valence-electron chi connectivity index (χ4n) is 5.97. The number of pyridine rings is 2. The molecule has 4 nitrogen and oxygen atoms in total. The van der Waals surface area contributed by atoms with E-state index in [1.807, 2.05) is 170 Å². The largest absolute Gasteiger partial charge is 0.309 e. The Morgan fingerprint density at radius 3 is 1.02 bits per heavy atom. The third-order valence-electron chi connectivity index (χ3n) is 8.14. The van der Waals surface area contributed by atoms with Crippen LogP contribution in [0.2, 0.25) is 0 Å². The van der Waals surface area contributed by atoms with Gasteiger partial charge in [-0.05, 0) is 36.4 Å². The van der Waals surface area contributed by atoms with Crippen LogP contribution in [-0.2, 0) is 9.13 Å². The summed E-state index contributed by atoms with van der Waals surface area (Å²) < 4.78 is 32.4. The van der Waals surface area contributed by atoms with E-state index in [9.17, 15) is 0 Å². The fourth-order valence-corrected chi connectivity index (χ4v) is 11.9. The Labute approximate surface area is 269 Å². The molecule has 0 amide bonds. The van der Waals surface area contributed by atoms with Crippen molar-refractivity contribution in [2.24, 2.45) is 0 Å². The van der Waals surface area contributed by atoms with Crippen LogP contribution in [0.1, 0.15) is 0 Å². The van der Waals surface area contributed by atoms with Gasteiger partial charge in [0.15, 0.2) is 14.3 Å². The van der Waals surface area contributed by atoms with Gasteiger partial charge in [-0.25, -0.2) is 0 Å². The van der Waals surface area contributed by atoms with Crippen LogP contribution in [0.5, 0.6) is 0 Å². The van der Waals surface area contributed by atoms with Crippen LogP contribution in [0.4, 0.5) is 0 Å². The second-order valence-electron chi connectivity index (χ2n) is 10.9. The van der Waals surface area contributed by atoms with Gasteiger partial charge in [0.1, 0.15) is 0 Å². The molecular formula is C40H30N2O2P2. The Hall–Kier alpha value is -5.14. The van der Waals surface area contributed by atoms with Crippen LogP contribution in [0.15, 0.2) is 182 Å². The van der Waals surface area contributed by atoms with E-state index in [0.717, 1.165) is 5.56 Å². The van der Waals surface area contributed by atoms with E-state index in [2.05, 4.69) is 0 Å². The molecule has 0 atom stereocenters. The molecule has 222 valence electrons. The second-order valence-corrected chi connectivity index (χ2v) is 16.3. The third kappa shape index (κ3) is 5.26. The summed E-state index contributed by atoms with van der Waals surface area (Å²) in [5.41, 5.74) is 2.62. The van der Waals surface area contributed by atoms with Crippen molar-refractivity contribution in [2.75, 3.05) is 0 Å². The maximum absolute atomic E-state index is 16.2. The SMILES string of the molecule is O=P(c1ccccc1)(c1ccccc1)c1cc(-c2ccccn2)cc(P(=O)(c2ccccc2)c2ccccc2)c1-c1ccccn1. The lowest BCUT2D eigenvalue weighted by Crippen LogP contribution is -2.33. The Morgan fingerprint density at radius 2 is 0.696 bits per heavy atom. The van der Waals surface area contributed by atoms with Crippen molar-refractivity contribution >= 4 is 46.1 Å². The van der Waals surface area contributed by atoms with Gasteiger partial charge in [0.05, 0.1) is 11.4 Å². The smallest absolute Gasteiger partial charge is 0.171 e. The molecule has 0 spiro atoms. The first-order chi connectivity index (χ1) is 22.6. The van der Waals surface area contributed by atoms with E-state index in [1.54, 1.807) is 12.4 Å². The molecular weight excluding hydrogens is 602 g/mol. The maximum atomic E-state index is 16.2. The summed E-state index contributed by atoms with van der Waals surface area (Å²) in [6.45, 7) is 0. The lowest BCUT2D eigenvalue weighted by molar-refractivity contribution is 0.592. The van der Waals surface area contributed by atoms with Crippen molar-refractivity contribution in [3.05, 3.63) is 182 Å². The maximum Gasteiger partial charge on any atom is 0.171 e. The number of hydrogen-bond acceptors (Lipinski definition) is 4. The zero-order valence-corrected chi connectivity index (χ0v) is 26.7. The van der Waals surface area contributed by atoms with Gasteiger partial charge in [0.25, 0.3) is 0 Å². The van der Waals surface area contributed by atoms with E-state index in [4.69, 9.17) is 9.97 Å². The molecule has 0 fully saturated rings. The molecule has 0 aliphatic carbocycles. The Bertz CT molecular complexity index is 1970. The molecule has 0 unspecified atom stereocenters. The van der Waals surface area contributed by atoms with Crippen LogP contribution in [0, 0.1) is 0 Å². The van der Waals surface area contributed by atoms with Gasteiger partial charge in [-0.2, -0.15) is 0 Å². The lowest BCUT2D eigenvalue weighted by Gasteiger charge is -2.29. The highest BCUT2D eigenvalue weighted by Gasteiger charge is 2.39. The normalized spacial score (nSPS) is 11.7. The number of hydrogen-bond donors (Lipinski definition) is 0. The molecule has 6 heteroatoms. The summed E-state index contributed by atoms with van der Waals surface area (Å²) in [5.74, 6) is 0. The molecule has 5 aromatic carbocycles. The first-order valence-corrected chi connectivity index (χ1v) is 18.5. The minimum atomic E-state index is -3.60. The predicted molar refractivity (Wildman–Crippen MR) is 192 cm³/mol. The van der Waals surface area contributed by atoms with E-state index < -0.39 is 14.3 Å². The third-order valence-corrected chi connectivity index (χ3v) is 14.3. The highest BCUT2D eigenvalue weighted by Crippen LogP contribution is 2.50. The van der Waals surface area contributed by atoms with Gasteiger partial charge in [-0.1, -0.05) is 133 Å². The topological polar surface area (TPSA) is 59.9 Å². The van der Waals surface area contributed by atoms with Crippen molar-refractivity contribution in [2.45, 2.75) is 0 Å². The van der Waals surface area contributed by atoms with Crippen molar-refractivity contribution in [3.63, 3.8) is 0 Å². The van der Waals surface area contributed by atoms with Crippen molar-refractivity contribution in [1.29, 1.82) is 0 Å². The van der Waals surface area contributed by atoms with Crippen molar-refractivity contribution < 1.29 is 9.13 Å². The minimum absolute atomic E-state index is 0.564. The number of rotatable bonds is 8. The van der Waals surface area contributed by atoms with Crippen LogP contribution >= 0.6 is 14.3 Å². The first kappa shape index (κ1) is 29.6. The molecule has 0 bridgehead atoms. The highest BCUT2D eigenvalue weighted by atomic mass is 31.2. The van der Waals surface area contributed by atoms with Crippen LogP contribution in [0.25, 0.3) is 22.5 Å². The van der Waals surface area contributed by atoms with E-state index in [-0.39, 0.29) is 0 Å². The summed E-state index contributed by atoms with van der Waals surface area (Å²) in [6, 6.07) is 53.6. The quantitative estimate of drug-likeness (QED) is 0.168. The molecule has 0 aliphatic heterocycles. The summed E-state index contributed by atoms with van der Waals surface area (Å²) in [6.07, 6.45) is 3.46. The minimum Gasteiger partial charge on any atom is -0.309 e. The second kappa shape index (κ2) is 12.7. The molecule has 0 saturated carbocycles. The fraction of sp³-hybridized carbons (Fsp3) is 0. The predicted octanol–water partition coefficient (Wildman–Crippen LogP) is 7.09. The molecule has 2 heterocycles. The van der Waals surface area contributed by atoms with Crippen molar-refractivity contribution in [1.82, 2.24) is 9.97 Å². The van der Waals surface area contributed by atoms with Gasteiger partial charge in [-0.3, -0.25) is 9.97 Å². The summed E-state index contributed by atoms with van der Waals surface area (Å²) in [7, 11) is -7.19. The van der Waals surface area contributed by atoms with Crippen molar-refractivity contribution in [3.8, 4) is 22.5 Å². The molecule has 46 heavy (non-hydrogen) atoms. The van der Waals surface area contributed by atoms with E-state index >= 15 is 9.13 Å². The van der Waals surface area contributed by atoms with Gasteiger partial charge >= 0.3 is 0 Å². The monoisotopic (exact) mass is 632 g/mol. The number of aromatic nitrogens is 2. The molecule has 0 N–H and O–H groups in total. The van der Waals surface area contributed by atoms with Gasteiger partial charge in [-0.15, -0.1) is 0 Å². The molecule has 7 aromatic rings. The summed E-state index contributed by atoms with van der Waals surface area (Å²) >= 11 is 0. The summed E-state index contributed by atoms with van der Waals surface area (Å²) in [4.78, 5) is 9.51. The molecule has 2 aromatic heterocycles. The summed E-state index contributed by atoms with van der Waals surface area (Å²) in [5, 5.41) is 3.84. The van der Waals surface area contributed by atoms with Crippen LogP contribution in [-0.4, -0.2) is 9.97 Å². The average molecular weight is 633 g/mol. The number of benzene rings is 5. The van der Waals surface area contributed by atoms with Gasteiger partial charge in [0, 0.05) is 55.3 Å². The lowest BCUT2D eigenvalue weighted by atomic mass is 10.1. The van der Waals surface area contributed by atoms with Gasteiger partial charge in [0.2, 0.25) is 0 Å². The first-order valence-electron chi connectivity index (χ1n) is 15.0. The average Bonchev–Trinajstić information content (AvgIpc) is 3.16. The molecule has 0 radical (unpaired) electrons. The van der Waals surface area contributed by atoms with E-state index in [1.165, 1.54) is 0 Å². The Kier molecular flexibility index (Phi) is 8.16. The van der Waals surface area contributed by atoms with E-state index in [0.29, 0.717) is 48.8 Å². The zero-order chi connectivity index (χ0) is 31.4. The number of nitrogens with zero attached hydrogens (tertiary/aromatic N) is 2. The molecule has 0 aliphatic rings. The standard InChI is InChI=1S/C40H30N2O2P2/c43-45(32-17-5-1-6-18-32,33-19-7-2-8-20-33)38-29-31(36-25-13-15-27-41-36)30-39(40(38)37-26-14-16-28-42-37)46(44,34-21-9-3-10-22-34)35-23-11-4-12-24-35/h1-30H. The zero-order valence-electron chi connectivity index (χ0n) is 24.9. The Balaban J connectivity index is 1.71. The highest BCUT2D eigenvalue weighted by molar-refractivity contribution is 7.87. The van der Waals surface area contributed by atoms with Crippen LogP contribution in [0.3, 0.4) is 0 Å². The molecule has 0 saturated heterocycles.